The highest BCUT2D eigenvalue weighted by molar-refractivity contribution is 7.91. The number of piperidine rings is 1. The van der Waals surface area contributed by atoms with Crippen LogP contribution >= 0.6 is 0 Å². The minimum absolute atomic E-state index is 0.136. The molecule has 2 amide bonds. The Labute approximate surface area is 141 Å². The first-order chi connectivity index (χ1) is 11.5. The summed E-state index contributed by atoms with van der Waals surface area (Å²) in [7, 11) is -3.49. The van der Waals surface area contributed by atoms with E-state index in [0.29, 0.717) is 13.0 Å². The highest BCUT2D eigenvalue weighted by Crippen LogP contribution is 2.25. The fourth-order valence-electron chi connectivity index (χ4n) is 3.26. The molecule has 3 rings (SSSR count). The summed E-state index contributed by atoms with van der Waals surface area (Å²) in [6.45, 7) is 0.623. The van der Waals surface area contributed by atoms with Gasteiger partial charge in [-0.1, -0.05) is 6.07 Å². The van der Waals surface area contributed by atoms with Gasteiger partial charge in [-0.25, -0.2) is 8.42 Å². The molecular weight excluding hydrogens is 328 g/mol. The summed E-state index contributed by atoms with van der Waals surface area (Å²) in [5.74, 6) is -0.843. The SMILES string of the molecule is O=C(CCS(=O)(=O)c1ccc2c(c1)CCC2)N[C@H]1CCCNC1=O. The molecule has 0 saturated carbocycles. The van der Waals surface area contributed by atoms with Crippen molar-refractivity contribution in [2.24, 2.45) is 0 Å². The van der Waals surface area contributed by atoms with Crippen LogP contribution in [0.3, 0.4) is 0 Å². The van der Waals surface area contributed by atoms with Crippen molar-refractivity contribution >= 4 is 21.7 Å². The van der Waals surface area contributed by atoms with E-state index in [0.717, 1.165) is 31.2 Å². The molecule has 2 aliphatic rings. The Morgan fingerprint density at radius 2 is 2.00 bits per heavy atom. The Morgan fingerprint density at radius 1 is 1.21 bits per heavy atom. The number of nitrogens with one attached hydrogen (secondary N) is 2. The van der Waals surface area contributed by atoms with Crippen LogP contribution in [-0.2, 0) is 32.3 Å². The maximum absolute atomic E-state index is 12.4. The quantitative estimate of drug-likeness (QED) is 0.819. The third-order valence-corrected chi connectivity index (χ3v) is 6.36. The zero-order chi connectivity index (χ0) is 17.2. The minimum atomic E-state index is -3.49. The van der Waals surface area contributed by atoms with Crippen molar-refractivity contribution in [3.8, 4) is 0 Å². The number of amides is 2. The van der Waals surface area contributed by atoms with Gasteiger partial charge in [-0.2, -0.15) is 0 Å². The van der Waals surface area contributed by atoms with E-state index in [4.69, 9.17) is 0 Å². The molecule has 24 heavy (non-hydrogen) atoms. The first-order valence-electron chi connectivity index (χ1n) is 8.37. The lowest BCUT2D eigenvalue weighted by Crippen LogP contribution is -2.50. The van der Waals surface area contributed by atoms with Crippen molar-refractivity contribution in [2.75, 3.05) is 12.3 Å². The number of carbonyl (C=O) groups is 2. The lowest BCUT2D eigenvalue weighted by Gasteiger charge is -2.22. The number of rotatable bonds is 5. The van der Waals surface area contributed by atoms with Gasteiger partial charge in [0.25, 0.3) is 0 Å². The van der Waals surface area contributed by atoms with Gasteiger partial charge < -0.3 is 10.6 Å². The molecule has 1 aliphatic carbocycles. The Kier molecular flexibility index (Phi) is 4.89. The molecule has 1 saturated heterocycles. The van der Waals surface area contributed by atoms with E-state index in [2.05, 4.69) is 10.6 Å². The largest absolute Gasteiger partial charge is 0.354 e. The second kappa shape index (κ2) is 6.93. The molecule has 1 aromatic carbocycles. The second-order valence-corrected chi connectivity index (χ2v) is 8.52. The molecule has 130 valence electrons. The third kappa shape index (κ3) is 3.77. The van der Waals surface area contributed by atoms with Crippen LogP contribution in [0.15, 0.2) is 23.1 Å². The third-order valence-electron chi connectivity index (χ3n) is 4.65. The summed E-state index contributed by atoms with van der Waals surface area (Å²) < 4.78 is 24.9. The molecule has 0 bridgehead atoms. The summed E-state index contributed by atoms with van der Waals surface area (Å²) in [6, 6.07) is 4.70. The zero-order valence-electron chi connectivity index (χ0n) is 13.5. The number of fused-ring (bicyclic) bond motifs is 1. The Bertz CT molecular complexity index is 758. The number of hydrogen-bond acceptors (Lipinski definition) is 4. The average molecular weight is 350 g/mol. The van der Waals surface area contributed by atoms with E-state index in [1.54, 1.807) is 12.1 Å². The van der Waals surface area contributed by atoms with Crippen molar-refractivity contribution in [1.82, 2.24) is 10.6 Å². The monoisotopic (exact) mass is 350 g/mol. The van der Waals surface area contributed by atoms with Crippen LogP contribution in [0.1, 0.15) is 36.8 Å². The zero-order valence-corrected chi connectivity index (χ0v) is 14.3. The molecule has 1 fully saturated rings. The van der Waals surface area contributed by atoms with Crippen molar-refractivity contribution in [3.05, 3.63) is 29.3 Å². The van der Waals surface area contributed by atoms with Crippen molar-refractivity contribution in [2.45, 2.75) is 49.5 Å². The molecular formula is C17H22N2O4S. The molecule has 7 heteroatoms. The van der Waals surface area contributed by atoms with Gasteiger partial charge in [0.15, 0.2) is 9.84 Å². The first kappa shape index (κ1) is 17.0. The van der Waals surface area contributed by atoms with Crippen molar-refractivity contribution in [1.29, 1.82) is 0 Å². The highest BCUT2D eigenvalue weighted by Gasteiger charge is 2.25. The number of benzene rings is 1. The second-order valence-electron chi connectivity index (χ2n) is 6.41. The van der Waals surface area contributed by atoms with Gasteiger partial charge >= 0.3 is 0 Å². The van der Waals surface area contributed by atoms with E-state index in [1.807, 2.05) is 6.07 Å². The average Bonchev–Trinajstić information content (AvgIpc) is 3.03. The van der Waals surface area contributed by atoms with Crippen molar-refractivity contribution < 1.29 is 18.0 Å². The number of sulfone groups is 1. The van der Waals surface area contributed by atoms with Gasteiger partial charge in [0.05, 0.1) is 10.6 Å². The molecule has 0 radical (unpaired) electrons. The van der Waals surface area contributed by atoms with Gasteiger partial charge in [-0.15, -0.1) is 0 Å². The Hall–Kier alpha value is -1.89. The normalized spacial score (nSPS) is 20.3. The lowest BCUT2D eigenvalue weighted by molar-refractivity contribution is -0.129. The van der Waals surface area contributed by atoms with Crippen LogP contribution in [0.5, 0.6) is 0 Å². The van der Waals surface area contributed by atoms with E-state index in [1.165, 1.54) is 5.56 Å². The van der Waals surface area contributed by atoms with Crippen LogP contribution in [-0.4, -0.2) is 38.6 Å². The standard InChI is InChI=1S/C17H22N2O4S/c20-16(19-15-5-2-9-18-17(15)21)8-10-24(22,23)14-7-6-12-3-1-4-13(12)11-14/h6-7,11,15H,1-5,8-10H2,(H,18,21)(H,19,20)/t15-/m0/s1. The molecule has 2 N–H and O–H groups in total. The maximum Gasteiger partial charge on any atom is 0.242 e. The van der Waals surface area contributed by atoms with Crippen molar-refractivity contribution in [3.63, 3.8) is 0 Å². The van der Waals surface area contributed by atoms with Gasteiger partial charge in [0, 0.05) is 13.0 Å². The van der Waals surface area contributed by atoms with Gasteiger partial charge in [-0.05, 0) is 55.4 Å². The highest BCUT2D eigenvalue weighted by atomic mass is 32.2. The van der Waals surface area contributed by atoms with Gasteiger partial charge in [0.1, 0.15) is 6.04 Å². The number of aryl methyl sites for hydroxylation is 2. The predicted octanol–water partition coefficient (Wildman–Crippen LogP) is 0.734. The lowest BCUT2D eigenvalue weighted by atomic mass is 10.1. The molecule has 0 spiro atoms. The van der Waals surface area contributed by atoms with E-state index >= 15 is 0 Å². The van der Waals surface area contributed by atoms with Crippen LogP contribution in [0.4, 0.5) is 0 Å². The Balaban J connectivity index is 1.58. The van der Waals surface area contributed by atoms with E-state index in [9.17, 15) is 18.0 Å². The minimum Gasteiger partial charge on any atom is -0.354 e. The van der Waals surface area contributed by atoms with Gasteiger partial charge in [0.2, 0.25) is 11.8 Å². The molecule has 1 atom stereocenters. The molecule has 1 heterocycles. The van der Waals surface area contributed by atoms with E-state index in [-0.39, 0.29) is 23.0 Å². The van der Waals surface area contributed by atoms with Crippen LogP contribution < -0.4 is 10.6 Å². The number of hydrogen-bond donors (Lipinski definition) is 2. The molecule has 0 aromatic heterocycles. The van der Waals surface area contributed by atoms with Gasteiger partial charge in [-0.3, -0.25) is 9.59 Å². The van der Waals surface area contributed by atoms with Crippen LogP contribution in [0.2, 0.25) is 0 Å². The topological polar surface area (TPSA) is 92.3 Å². The van der Waals surface area contributed by atoms with E-state index < -0.39 is 21.8 Å². The molecule has 1 aliphatic heterocycles. The maximum atomic E-state index is 12.4. The summed E-state index contributed by atoms with van der Waals surface area (Å²) in [6.07, 6.45) is 4.24. The summed E-state index contributed by atoms with van der Waals surface area (Å²) in [5.41, 5.74) is 2.31. The number of carbonyl (C=O) groups excluding carboxylic acids is 2. The van der Waals surface area contributed by atoms with Crippen LogP contribution in [0, 0.1) is 0 Å². The summed E-state index contributed by atoms with van der Waals surface area (Å²) in [4.78, 5) is 23.9. The fraction of sp³-hybridized carbons (Fsp3) is 0.529. The molecule has 6 nitrogen and oxygen atoms in total. The fourth-order valence-corrected chi connectivity index (χ4v) is 4.55. The molecule has 1 aromatic rings. The van der Waals surface area contributed by atoms with Crippen LogP contribution in [0.25, 0.3) is 0 Å². The Morgan fingerprint density at radius 3 is 2.79 bits per heavy atom. The first-order valence-corrected chi connectivity index (χ1v) is 10.0. The smallest absolute Gasteiger partial charge is 0.242 e. The molecule has 0 unspecified atom stereocenters. The summed E-state index contributed by atoms with van der Waals surface area (Å²) >= 11 is 0. The predicted molar refractivity (Wildman–Crippen MR) is 89.3 cm³/mol. The summed E-state index contributed by atoms with van der Waals surface area (Å²) in [5, 5.41) is 5.31.